The number of benzene rings is 1. The van der Waals surface area contributed by atoms with Crippen LogP contribution in [0.4, 0.5) is 10.3 Å². The first-order valence-electron chi connectivity index (χ1n) is 7.21. The summed E-state index contributed by atoms with van der Waals surface area (Å²) in [5.41, 5.74) is 7.27. The van der Waals surface area contributed by atoms with Crippen LogP contribution in [0.3, 0.4) is 0 Å². The highest BCUT2D eigenvalue weighted by molar-refractivity contribution is 8.02. The molecule has 0 radical (unpaired) electrons. The number of hydrogen-bond acceptors (Lipinski definition) is 9. The third-order valence-electron chi connectivity index (χ3n) is 3.17. The van der Waals surface area contributed by atoms with Crippen molar-refractivity contribution in [3.63, 3.8) is 0 Å². The summed E-state index contributed by atoms with van der Waals surface area (Å²) in [6, 6.07) is 7.62. The molecule has 0 aliphatic rings. The molecule has 0 saturated carbocycles. The molecule has 3 rings (SSSR count). The predicted octanol–water partition coefficient (Wildman–Crippen LogP) is 3.37. The molecule has 0 aliphatic heterocycles. The Morgan fingerprint density at radius 3 is 2.96 bits per heavy atom. The van der Waals surface area contributed by atoms with E-state index in [1.807, 2.05) is 29.6 Å². The van der Waals surface area contributed by atoms with Gasteiger partial charge in [-0.25, -0.2) is 4.98 Å². The number of nitrogens with two attached hydrogens (primary N) is 1. The molecule has 0 spiro atoms. The van der Waals surface area contributed by atoms with Crippen molar-refractivity contribution in [2.75, 3.05) is 18.2 Å². The molecule has 7 nitrogen and oxygen atoms in total. The van der Waals surface area contributed by atoms with Crippen LogP contribution in [0, 0.1) is 0 Å². The van der Waals surface area contributed by atoms with Gasteiger partial charge in [-0.15, -0.1) is 21.5 Å². The van der Waals surface area contributed by atoms with E-state index in [-0.39, 0.29) is 11.2 Å². The van der Waals surface area contributed by atoms with E-state index in [2.05, 4.69) is 20.5 Å². The van der Waals surface area contributed by atoms with Crippen molar-refractivity contribution in [1.82, 2.24) is 15.2 Å². The second-order valence-electron chi connectivity index (χ2n) is 4.93. The molecule has 3 aromatic rings. The molecule has 1 aromatic carbocycles. The third-order valence-corrected chi connectivity index (χ3v) is 5.86. The van der Waals surface area contributed by atoms with Gasteiger partial charge in [-0.05, 0) is 19.1 Å². The molecule has 2 heterocycles. The topological polar surface area (TPSA) is 103 Å². The molecule has 1 atom stereocenters. The molecule has 130 valence electrons. The zero-order valence-electron chi connectivity index (χ0n) is 13.4. The monoisotopic (exact) mass is 393 g/mol. The molecule has 1 unspecified atom stereocenters. The largest absolute Gasteiger partial charge is 0.497 e. The summed E-state index contributed by atoms with van der Waals surface area (Å²) >= 11 is 3.95. The standard InChI is InChI=1S/C15H15N5O2S3/c1-8(24-15-20-19-13(16)25-15)12(21)18-14-17-11(7-23-14)9-4-3-5-10(6-9)22-2/h3-8H,1-2H3,(H2,16,19)(H,17,18,21). The molecule has 2 aromatic heterocycles. The number of ether oxygens (including phenoxy) is 1. The minimum Gasteiger partial charge on any atom is -0.497 e. The summed E-state index contributed by atoms with van der Waals surface area (Å²) in [5, 5.41) is 13.0. The fraction of sp³-hybridized carbons (Fsp3) is 0.200. The molecule has 3 N–H and O–H groups in total. The number of nitrogen functional groups attached to an aromatic ring is 1. The lowest BCUT2D eigenvalue weighted by molar-refractivity contribution is -0.115. The van der Waals surface area contributed by atoms with E-state index in [4.69, 9.17) is 10.5 Å². The predicted molar refractivity (Wildman–Crippen MR) is 102 cm³/mol. The first-order valence-corrected chi connectivity index (χ1v) is 9.79. The van der Waals surface area contributed by atoms with Crippen LogP contribution in [-0.4, -0.2) is 33.4 Å². The van der Waals surface area contributed by atoms with Crippen molar-refractivity contribution in [2.24, 2.45) is 0 Å². The van der Waals surface area contributed by atoms with Crippen molar-refractivity contribution in [3.05, 3.63) is 29.6 Å². The maximum atomic E-state index is 12.3. The minimum atomic E-state index is -0.337. The second-order valence-corrected chi connectivity index (χ2v) is 8.38. The smallest absolute Gasteiger partial charge is 0.239 e. The Morgan fingerprint density at radius 1 is 1.40 bits per heavy atom. The highest BCUT2D eigenvalue weighted by Gasteiger charge is 2.18. The van der Waals surface area contributed by atoms with Gasteiger partial charge in [0.05, 0.1) is 18.1 Å². The lowest BCUT2D eigenvalue weighted by Gasteiger charge is -2.07. The molecule has 10 heteroatoms. The molecule has 0 fully saturated rings. The molecule has 0 bridgehead atoms. The summed E-state index contributed by atoms with van der Waals surface area (Å²) < 4.78 is 5.88. The minimum absolute atomic E-state index is 0.148. The zero-order valence-corrected chi connectivity index (χ0v) is 15.9. The van der Waals surface area contributed by atoms with E-state index < -0.39 is 0 Å². The lowest BCUT2D eigenvalue weighted by Crippen LogP contribution is -2.22. The number of methoxy groups -OCH3 is 1. The lowest BCUT2D eigenvalue weighted by atomic mass is 10.2. The number of hydrogen-bond donors (Lipinski definition) is 2. The number of thioether (sulfide) groups is 1. The number of amides is 1. The average Bonchev–Trinajstić information content (AvgIpc) is 3.24. The Morgan fingerprint density at radius 2 is 2.24 bits per heavy atom. The van der Waals surface area contributed by atoms with Crippen LogP contribution in [0.1, 0.15) is 6.92 Å². The maximum Gasteiger partial charge on any atom is 0.239 e. The summed E-state index contributed by atoms with van der Waals surface area (Å²) in [4.78, 5) is 16.8. The first-order chi connectivity index (χ1) is 12.0. The molecular formula is C15H15N5O2S3. The number of rotatable bonds is 6. The first kappa shape index (κ1) is 17.6. The maximum absolute atomic E-state index is 12.3. The van der Waals surface area contributed by atoms with E-state index in [0.29, 0.717) is 14.6 Å². The molecular weight excluding hydrogens is 378 g/mol. The normalized spacial score (nSPS) is 11.9. The van der Waals surface area contributed by atoms with Crippen LogP contribution >= 0.6 is 34.4 Å². The van der Waals surface area contributed by atoms with Gasteiger partial charge in [0.15, 0.2) is 9.47 Å². The zero-order chi connectivity index (χ0) is 17.8. The van der Waals surface area contributed by atoms with Gasteiger partial charge >= 0.3 is 0 Å². The van der Waals surface area contributed by atoms with Gasteiger partial charge in [-0.2, -0.15) is 0 Å². The van der Waals surface area contributed by atoms with Crippen molar-refractivity contribution in [1.29, 1.82) is 0 Å². The van der Waals surface area contributed by atoms with Crippen molar-refractivity contribution >= 4 is 50.6 Å². The van der Waals surface area contributed by atoms with Crippen molar-refractivity contribution in [2.45, 2.75) is 16.5 Å². The van der Waals surface area contributed by atoms with Gasteiger partial charge in [0.25, 0.3) is 0 Å². The van der Waals surface area contributed by atoms with E-state index in [9.17, 15) is 4.79 Å². The van der Waals surface area contributed by atoms with Crippen LogP contribution in [-0.2, 0) is 4.79 Å². The van der Waals surface area contributed by atoms with Crippen LogP contribution < -0.4 is 15.8 Å². The fourth-order valence-electron chi connectivity index (χ4n) is 1.93. The molecule has 25 heavy (non-hydrogen) atoms. The van der Waals surface area contributed by atoms with E-state index in [1.165, 1.54) is 34.4 Å². The van der Waals surface area contributed by atoms with Crippen LogP contribution in [0.25, 0.3) is 11.3 Å². The number of nitrogens with one attached hydrogen (secondary N) is 1. The fourth-order valence-corrected chi connectivity index (χ4v) is 4.43. The number of nitrogens with zero attached hydrogens (tertiary/aromatic N) is 3. The number of carbonyl (C=O) groups excluding carboxylic acids is 1. The second kappa shape index (κ2) is 7.81. The highest BCUT2D eigenvalue weighted by atomic mass is 32.2. The number of thiazole rings is 1. The van der Waals surface area contributed by atoms with Gasteiger partial charge in [-0.3, -0.25) is 4.79 Å². The molecule has 0 aliphatic carbocycles. The van der Waals surface area contributed by atoms with Crippen molar-refractivity contribution < 1.29 is 9.53 Å². The Kier molecular flexibility index (Phi) is 5.51. The summed E-state index contributed by atoms with van der Waals surface area (Å²) in [6.07, 6.45) is 0. The van der Waals surface area contributed by atoms with Crippen LogP contribution in [0.15, 0.2) is 34.0 Å². The Labute approximate surface area is 156 Å². The van der Waals surface area contributed by atoms with Crippen LogP contribution in [0.2, 0.25) is 0 Å². The summed E-state index contributed by atoms with van der Waals surface area (Å²) in [7, 11) is 1.62. The Bertz CT molecular complexity index is 879. The molecule has 1 amide bonds. The van der Waals surface area contributed by atoms with Crippen LogP contribution in [0.5, 0.6) is 5.75 Å². The number of carbonyl (C=O) groups is 1. The van der Waals surface area contributed by atoms with Gasteiger partial charge < -0.3 is 15.8 Å². The van der Waals surface area contributed by atoms with Gasteiger partial charge in [0, 0.05) is 10.9 Å². The summed E-state index contributed by atoms with van der Waals surface area (Å²) in [6.45, 7) is 1.80. The van der Waals surface area contributed by atoms with Crippen molar-refractivity contribution in [3.8, 4) is 17.0 Å². The molecule has 0 saturated heterocycles. The quantitative estimate of drug-likeness (QED) is 0.619. The van der Waals surface area contributed by atoms with Gasteiger partial charge in [0.1, 0.15) is 5.75 Å². The Hall–Kier alpha value is -2.17. The SMILES string of the molecule is COc1cccc(-c2csc(NC(=O)C(C)Sc3nnc(N)s3)n2)c1. The third kappa shape index (κ3) is 4.47. The average molecular weight is 394 g/mol. The van der Waals surface area contributed by atoms with E-state index in [1.54, 1.807) is 14.0 Å². The number of aromatic nitrogens is 3. The summed E-state index contributed by atoms with van der Waals surface area (Å²) in [5.74, 6) is 0.614. The van der Waals surface area contributed by atoms with Gasteiger partial charge in [-0.1, -0.05) is 35.2 Å². The van der Waals surface area contributed by atoms with Gasteiger partial charge in [0.2, 0.25) is 11.0 Å². The van der Waals surface area contributed by atoms with E-state index >= 15 is 0 Å². The Balaban J connectivity index is 1.65. The van der Waals surface area contributed by atoms with E-state index in [0.717, 1.165) is 17.0 Å². The number of anilines is 2. The highest BCUT2D eigenvalue weighted by Crippen LogP contribution is 2.30.